The van der Waals surface area contributed by atoms with Crippen LogP contribution < -0.4 is 5.73 Å². The summed E-state index contributed by atoms with van der Waals surface area (Å²) < 4.78 is 42.0. The minimum Gasteiger partial charge on any atom is -0.330 e. The van der Waals surface area contributed by atoms with Crippen LogP contribution in [0.5, 0.6) is 0 Å². The van der Waals surface area contributed by atoms with E-state index in [0.717, 1.165) is 43.5 Å². The molecule has 0 radical (unpaired) electrons. The minimum absolute atomic E-state index is 0.0134. The highest BCUT2D eigenvalue weighted by Crippen LogP contribution is 2.37. The monoisotopic (exact) mass is 562 g/mol. The van der Waals surface area contributed by atoms with E-state index in [1.807, 2.05) is 0 Å². The lowest BCUT2D eigenvalue weighted by atomic mass is 9.82. The first-order chi connectivity index (χ1) is 18.1. The van der Waals surface area contributed by atoms with Crippen molar-refractivity contribution in [3.63, 3.8) is 0 Å². The maximum Gasteiger partial charge on any atom is 0.416 e. The Morgan fingerprint density at radius 1 is 1.08 bits per heavy atom. The summed E-state index contributed by atoms with van der Waals surface area (Å²) in [5.74, 6) is 0.531. The third-order valence-electron chi connectivity index (χ3n) is 7.28. The lowest BCUT2D eigenvalue weighted by molar-refractivity contribution is -0.138. The van der Waals surface area contributed by atoms with E-state index < -0.39 is 11.7 Å². The summed E-state index contributed by atoms with van der Waals surface area (Å²) in [4.78, 5) is 27.3. The molecule has 2 amide bonds. The van der Waals surface area contributed by atoms with Crippen LogP contribution in [0.4, 0.5) is 18.0 Å². The Kier molecular flexibility index (Phi) is 7.57. The second-order valence-corrected chi connectivity index (χ2v) is 11.3. The van der Waals surface area contributed by atoms with E-state index in [2.05, 4.69) is 5.10 Å². The summed E-state index contributed by atoms with van der Waals surface area (Å²) in [6, 6.07) is 9.00. The van der Waals surface area contributed by atoms with E-state index in [-0.39, 0.29) is 28.3 Å². The molecule has 1 aromatic heterocycles. The predicted molar refractivity (Wildman–Crippen MR) is 142 cm³/mol. The quantitative estimate of drug-likeness (QED) is 0.344. The zero-order valence-electron chi connectivity index (χ0n) is 20.4. The van der Waals surface area contributed by atoms with Crippen LogP contribution in [-0.4, -0.2) is 38.9 Å². The van der Waals surface area contributed by atoms with Gasteiger partial charge < -0.3 is 5.73 Å². The van der Waals surface area contributed by atoms with E-state index in [9.17, 15) is 22.8 Å². The van der Waals surface area contributed by atoms with E-state index in [1.165, 1.54) is 21.7 Å². The summed E-state index contributed by atoms with van der Waals surface area (Å²) in [6.45, 7) is 1.02. The fourth-order valence-electron chi connectivity index (χ4n) is 5.15. The summed E-state index contributed by atoms with van der Waals surface area (Å²) in [7, 11) is 0. The molecule has 6 nitrogen and oxygen atoms in total. The van der Waals surface area contributed by atoms with Crippen LogP contribution in [0.15, 0.2) is 47.5 Å². The molecule has 0 atom stereocenters. The SMILES string of the molecule is NC[C@H]1CC[C@H](CN2C(=O)SC(=Cc3ccc4c(cnn4Cc4ccc(Cl)cc4C(F)(F)F)c3)C2=O)CC1. The summed E-state index contributed by atoms with van der Waals surface area (Å²) in [5.41, 5.74) is 6.37. The Hall–Kier alpha value is -2.82. The highest BCUT2D eigenvalue weighted by Gasteiger charge is 2.37. The minimum atomic E-state index is -4.54. The number of amides is 2. The number of alkyl halides is 3. The van der Waals surface area contributed by atoms with Crippen molar-refractivity contribution in [3.8, 4) is 0 Å². The molecule has 1 saturated heterocycles. The van der Waals surface area contributed by atoms with Crippen LogP contribution >= 0.6 is 23.4 Å². The summed E-state index contributed by atoms with van der Waals surface area (Å²) >= 11 is 6.72. The number of hydrogen-bond donors (Lipinski definition) is 1. The van der Waals surface area contributed by atoms with Gasteiger partial charge in [-0.05, 0) is 97.3 Å². The van der Waals surface area contributed by atoms with Gasteiger partial charge in [0.2, 0.25) is 0 Å². The second kappa shape index (κ2) is 10.7. The van der Waals surface area contributed by atoms with E-state index in [4.69, 9.17) is 17.3 Å². The van der Waals surface area contributed by atoms with Crippen LogP contribution in [0.25, 0.3) is 17.0 Å². The molecule has 1 aliphatic heterocycles. The molecule has 2 aliphatic rings. The van der Waals surface area contributed by atoms with Crippen LogP contribution in [0.1, 0.15) is 42.4 Å². The van der Waals surface area contributed by atoms with Crippen LogP contribution in [0.3, 0.4) is 0 Å². The maximum absolute atomic E-state index is 13.5. The highest BCUT2D eigenvalue weighted by atomic mass is 35.5. The molecule has 0 spiro atoms. The van der Waals surface area contributed by atoms with Crippen LogP contribution in [0.2, 0.25) is 5.02 Å². The molecular weight excluding hydrogens is 537 g/mol. The molecular formula is C27H26ClF3N4O2S. The van der Waals surface area contributed by atoms with Crippen molar-refractivity contribution in [1.29, 1.82) is 0 Å². The number of nitrogens with two attached hydrogens (primary N) is 1. The number of benzene rings is 2. The van der Waals surface area contributed by atoms with Gasteiger partial charge >= 0.3 is 6.18 Å². The molecule has 11 heteroatoms. The molecule has 1 aliphatic carbocycles. The summed E-state index contributed by atoms with van der Waals surface area (Å²) in [6.07, 6.45) is 2.68. The fraction of sp³-hybridized carbons (Fsp3) is 0.370. The van der Waals surface area contributed by atoms with Crippen molar-refractivity contribution in [3.05, 3.63) is 69.2 Å². The van der Waals surface area contributed by atoms with Gasteiger partial charge in [0.25, 0.3) is 11.1 Å². The number of fused-ring (bicyclic) bond motifs is 1. The summed E-state index contributed by atoms with van der Waals surface area (Å²) in [5, 5.41) is 4.73. The molecule has 5 rings (SSSR count). The van der Waals surface area contributed by atoms with Gasteiger partial charge in [-0.15, -0.1) is 0 Å². The number of carbonyl (C=O) groups is 2. The predicted octanol–water partition coefficient (Wildman–Crippen LogP) is 6.56. The third kappa shape index (κ3) is 5.62. The fourth-order valence-corrected chi connectivity index (χ4v) is 6.17. The van der Waals surface area contributed by atoms with E-state index in [0.29, 0.717) is 46.3 Å². The number of hydrogen-bond acceptors (Lipinski definition) is 5. The first-order valence-electron chi connectivity index (χ1n) is 12.4. The van der Waals surface area contributed by atoms with Gasteiger partial charge in [0, 0.05) is 17.0 Å². The number of carbonyl (C=O) groups excluding carboxylic acids is 2. The third-order valence-corrected chi connectivity index (χ3v) is 8.42. The molecule has 2 N–H and O–H groups in total. The topological polar surface area (TPSA) is 81.2 Å². The first-order valence-corrected chi connectivity index (χ1v) is 13.6. The molecule has 0 bridgehead atoms. The van der Waals surface area contributed by atoms with Crippen molar-refractivity contribution in [2.24, 2.45) is 17.6 Å². The molecule has 2 heterocycles. The van der Waals surface area contributed by atoms with Gasteiger partial charge in [-0.25, -0.2) is 0 Å². The number of rotatable bonds is 6. The van der Waals surface area contributed by atoms with E-state index >= 15 is 0 Å². The first kappa shape index (κ1) is 26.8. The molecule has 1 saturated carbocycles. The zero-order chi connectivity index (χ0) is 27.0. The highest BCUT2D eigenvalue weighted by molar-refractivity contribution is 8.18. The molecule has 2 aromatic carbocycles. The lowest BCUT2D eigenvalue weighted by Crippen LogP contribution is -2.35. The molecule has 2 fully saturated rings. The number of thioether (sulfide) groups is 1. The Morgan fingerprint density at radius 3 is 2.53 bits per heavy atom. The number of aromatic nitrogens is 2. The largest absolute Gasteiger partial charge is 0.416 e. The number of nitrogens with zero attached hydrogens (tertiary/aromatic N) is 3. The van der Waals surface area contributed by atoms with Crippen LogP contribution in [0, 0.1) is 11.8 Å². The Bertz CT molecular complexity index is 1410. The smallest absolute Gasteiger partial charge is 0.330 e. The van der Waals surface area contributed by atoms with Crippen molar-refractivity contribution >= 4 is 51.5 Å². The Balaban J connectivity index is 1.32. The van der Waals surface area contributed by atoms with Crippen molar-refractivity contribution in [1.82, 2.24) is 14.7 Å². The Labute approximate surface area is 227 Å². The van der Waals surface area contributed by atoms with Crippen molar-refractivity contribution in [2.75, 3.05) is 13.1 Å². The maximum atomic E-state index is 13.5. The molecule has 38 heavy (non-hydrogen) atoms. The Morgan fingerprint density at radius 2 is 1.82 bits per heavy atom. The number of imide groups is 1. The van der Waals surface area contributed by atoms with Gasteiger partial charge in [0.1, 0.15) is 0 Å². The van der Waals surface area contributed by atoms with Crippen molar-refractivity contribution < 1.29 is 22.8 Å². The van der Waals surface area contributed by atoms with Gasteiger partial charge in [-0.1, -0.05) is 23.7 Å². The molecule has 3 aromatic rings. The zero-order valence-corrected chi connectivity index (χ0v) is 22.0. The van der Waals surface area contributed by atoms with E-state index in [1.54, 1.807) is 30.5 Å². The molecule has 200 valence electrons. The number of halogens is 4. The normalized spacial score (nSPS) is 21.7. The average Bonchev–Trinajstić information content (AvgIpc) is 3.40. The van der Waals surface area contributed by atoms with Gasteiger partial charge in [0.05, 0.1) is 28.7 Å². The average molecular weight is 563 g/mol. The van der Waals surface area contributed by atoms with Gasteiger partial charge in [-0.3, -0.25) is 19.2 Å². The standard InChI is InChI=1S/C27H26ClF3N4O2S/c28-21-7-6-19(22(11-21)27(29,30)31)15-35-23-8-5-18(9-20(23)13-33-35)10-24-25(36)34(26(37)38-24)14-17-3-1-16(12-32)2-4-17/h5-11,13,16-17H,1-4,12,14-15,32H2/t16-,17-. The molecule has 0 unspecified atom stereocenters. The second-order valence-electron chi connectivity index (χ2n) is 9.83. The van der Waals surface area contributed by atoms with Gasteiger partial charge in [0.15, 0.2) is 0 Å². The van der Waals surface area contributed by atoms with Gasteiger partial charge in [-0.2, -0.15) is 18.3 Å². The van der Waals surface area contributed by atoms with Crippen LogP contribution in [-0.2, 0) is 17.5 Å². The van der Waals surface area contributed by atoms with Crippen molar-refractivity contribution in [2.45, 2.75) is 38.4 Å². The lowest BCUT2D eigenvalue weighted by Gasteiger charge is -2.29.